The van der Waals surface area contributed by atoms with Crippen LogP contribution in [-0.2, 0) is 10.0 Å². The molecule has 18 heavy (non-hydrogen) atoms. The molecule has 1 saturated heterocycles. The number of rotatable bonds is 4. The molecule has 0 aliphatic carbocycles. The molecule has 1 fully saturated rings. The number of H-pyrrole nitrogens is 1. The highest BCUT2D eigenvalue weighted by Gasteiger charge is 2.29. The van der Waals surface area contributed by atoms with E-state index in [-0.39, 0.29) is 17.4 Å². The van der Waals surface area contributed by atoms with Gasteiger partial charge in [-0.3, -0.25) is 0 Å². The van der Waals surface area contributed by atoms with Crippen molar-refractivity contribution in [1.82, 2.24) is 19.6 Å². The van der Waals surface area contributed by atoms with E-state index in [0.717, 1.165) is 19.4 Å². The van der Waals surface area contributed by atoms with Crippen LogP contribution in [0.3, 0.4) is 0 Å². The van der Waals surface area contributed by atoms with Crippen molar-refractivity contribution in [1.29, 1.82) is 0 Å². The highest BCUT2D eigenvalue weighted by Crippen LogP contribution is 2.21. The Balaban J connectivity index is 0.00000162. The van der Waals surface area contributed by atoms with E-state index in [2.05, 4.69) is 15.3 Å². The summed E-state index contributed by atoms with van der Waals surface area (Å²) in [6, 6.07) is 0. The molecule has 0 unspecified atom stereocenters. The summed E-state index contributed by atoms with van der Waals surface area (Å²) in [7, 11) is -1.44. The lowest BCUT2D eigenvalue weighted by Gasteiger charge is -2.30. The minimum atomic E-state index is -3.36. The zero-order chi connectivity index (χ0) is 12.3. The van der Waals surface area contributed by atoms with Gasteiger partial charge in [0, 0.05) is 13.1 Å². The van der Waals surface area contributed by atoms with E-state index in [0.29, 0.717) is 19.0 Å². The van der Waals surface area contributed by atoms with Crippen LogP contribution in [0, 0.1) is 5.92 Å². The molecule has 0 atom stereocenters. The summed E-state index contributed by atoms with van der Waals surface area (Å²) in [4.78, 5) is 6.41. The fourth-order valence-electron chi connectivity index (χ4n) is 2.17. The van der Waals surface area contributed by atoms with Gasteiger partial charge in [0.1, 0.15) is 0 Å². The van der Waals surface area contributed by atoms with E-state index in [1.165, 1.54) is 16.8 Å². The number of hydrogen-bond donors (Lipinski definition) is 2. The monoisotopic (exact) mass is 294 g/mol. The summed E-state index contributed by atoms with van der Waals surface area (Å²) in [5, 5.41) is 3.32. The van der Waals surface area contributed by atoms with Crippen LogP contribution in [-0.4, -0.2) is 49.4 Å². The zero-order valence-corrected chi connectivity index (χ0v) is 11.9. The van der Waals surface area contributed by atoms with E-state index in [9.17, 15) is 8.42 Å². The minimum Gasteiger partial charge on any atom is -0.335 e. The van der Waals surface area contributed by atoms with Crippen LogP contribution in [0.25, 0.3) is 0 Å². The van der Waals surface area contributed by atoms with Gasteiger partial charge in [0.05, 0.1) is 12.5 Å². The summed E-state index contributed by atoms with van der Waals surface area (Å²) in [6.07, 6.45) is 4.57. The number of sulfonamides is 1. The SMILES string of the molecule is CNCC1CCN(S(=O)(=O)c2cnc[nH]2)CC1.Cl. The average molecular weight is 295 g/mol. The Labute approximate surface area is 114 Å². The topological polar surface area (TPSA) is 78.1 Å². The zero-order valence-electron chi connectivity index (χ0n) is 10.3. The van der Waals surface area contributed by atoms with Crippen LogP contribution in [0.2, 0.25) is 0 Å². The van der Waals surface area contributed by atoms with E-state index in [1.54, 1.807) is 0 Å². The standard InChI is InChI=1S/C10H18N4O2S.ClH/c1-11-6-9-2-4-14(5-3-9)17(15,16)10-7-12-8-13-10;/h7-9,11H,2-6H2,1H3,(H,12,13);1H. The second-order valence-electron chi connectivity index (χ2n) is 4.32. The molecule has 1 aliphatic rings. The normalized spacial score (nSPS) is 18.5. The van der Waals surface area contributed by atoms with Gasteiger partial charge >= 0.3 is 0 Å². The molecule has 2 rings (SSSR count). The summed E-state index contributed by atoms with van der Waals surface area (Å²) < 4.78 is 25.8. The van der Waals surface area contributed by atoms with Crippen molar-refractivity contribution in [3.63, 3.8) is 0 Å². The van der Waals surface area contributed by atoms with Crippen LogP contribution in [0.1, 0.15) is 12.8 Å². The molecule has 2 heterocycles. The van der Waals surface area contributed by atoms with Gasteiger partial charge in [0.25, 0.3) is 10.0 Å². The maximum Gasteiger partial charge on any atom is 0.260 e. The highest BCUT2D eigenvalue weighted by atomic mass is 35.5. The first-order valence-corrected chi connectivity index (χ1v) is 7.21. The molecule has 104 valence electrons. The lowest BCUT2D eigenvalue weighted by molar-refractivity contribution is 0.270. The van der Waals surface area contributed by atoms with Crippen molar-refractivity contribution >= 4 is 22.4 Å². The minimum absolute atomic E-state index is 0. The number of aromatic amines is 1. The first-order valence-electron chi connectivity index (χ1n) is 5.77. The maximum absolute atomic E-state index is 12.2. The van der Waals surface area contributed by atoms with Gasteiger partial charge in [-0.2, -0.15) is 4.31 Å². The van der Waals surface area contributed by atoms with Gasteiger partial charge in [0.2, 0.25) is 0 Å². The molecule has 1 aromatic heterocycles. The molecule has 0 amide bonds. The van der Waals surface area contributed by atoms with E-state index >= 15 is 0 Å². The van der Waals surface area contributed by atoms with E-state index < -0.39 is 10.0 Å². The van der Waals surface area contributed by atoms with Gasteiger partial charge < -0.3 is 10.3 Å². The number of halogens is 1. The highest BCUT2D eigenvalue weighted by molar-refractivity contribution is 7.89. The van der Waals surface area contributed by atoms with Crippen molar-refractivity contribution in [3.8, 4) is 0 Å². The maximum atomic E-state index is 12.2. The molecule has 1 aliphatic heterocycles. The van der Waals surface area contributed by atoms with Gasteiger partial charge in [-0.25, -0.2) is 13.4 Å². The van der Waals surface area contributed by atoms with Crippen LogP contribution in [0.4, 0.5) is 0 Å². The first kappa shape index (κ1) is 15.4. The summed E-state index contributed by atoms with van der Waals surface area (Å²) >= 11 is 0. The lowest BCUT2D eigenvalue weighted by Crippen LogP contribution is -2.40. The number of nitrogens with one attached hydrogen (secondary N) is 2. The van der Waals surface area contributed by atoms with Crippen molar-refractivity contribution in [3.05, 3.63) is 12.5 Å². The molecule has 0 aromatic carbocycles. The van der Waals surface area contributed by atoms with Gasteiger partial charge in [-0.15, -0.1) is 12.4 Å². The molecular weight excluding hydrogens is 276 g/mol. The Bertz CT molecular complexity index is 440. The second kappa shape index (κ2) is 6.51. The molecule has 0 spiro atoms. The van der Waals surface area contributed by atoms with Crippen LogP contribution in [0.15, 0.2) is 17.6 Å². The van der Waals surface area contributed by atoms with Gasteiger partial charge in [-0.05, 0) is 32.4 Å². The summed E-state index contributed by atoms with van der Waals surface area (Å²) in [5.74, 6) is 0.577. The molecule has 2 N–H and O–H groups in total. The molecular formula is C10H19ClN4O2S. The fraction of sp³-hybridized carbons (Fsp3) is 0.700. The third-order valence-corrected chi connectivity index (χ3v) is 4.98. The number of imidazole rings is 1. The second-order valence-corrected chi connectivity index (χ2v) is 6.23. The molecule has 0 bridgehead atoms. The van der Waals surface area contributed by atoms with Crippen LogP contribution >= 0.6 is 12.4 Å². The van der Waals surface area contributed by atoms with Crippen LogP contribution < -0.4 is 5.32 Å². The van der Waals surface area contributed by atoms with Crippen molar-refractivity contribution in [2.75, 3.05) is 26.7 Å². The quantitative estimate of drug-likeness (QED) is 0.845. The van der Waals surface area contributed by atoms with E-state index in [4.69, 9.17) is 0 Å². The lowest BCUT2D eigenvalue weighted by atomic mass is 9.98. The van der Waals surface area contributed by atoms with E-state index in [1.807, 2.05) is 7.05 Å². The number of piperidine rings is 1. The van der Waals surface area contributed by atoms with Crippen molar-refractivity contribution in [2.24, 2.45) is 5.92 Å². The predicted molar refractivity (Wildman–Crippen MR) is 71.2 cm³/mol. The predicted octanol–water partition coefficient (Wildman–Crippen LogP) is 0.452. The third-order valence-electron chi connectivity index (χ3n) is 3.16. The van der Waals surface area contributed by atoms with Crippen molar-refractivity contribution in [2.45, 2.75) is 17.9 Å². The Hall–Kier alpha value is -0.630. The summed E-state index contributed by atoms with van der Waals surface area (Å²) in [5.41, 5.74) is 0. The first-order chi connectivity index (χ1) is 8.14. The largest absolute Gasteiger partial charge is 0.335 e. The number of nitrogens with zero attached hydrogens (tertiary/aromatic N) is 2. The van der Waals surface area contributed by atoms with Gasteiger partial charge in [-0.1, -0.05) is 0 Å². The Morgan fingerprint density at radius 2 is 2.17 bits per heavy atom. The third kappa shape index (κ3) is 3.23. The molecule has 0 radical (unpaired) electrons. The number of hydrogen-bond acceptors (Lipinski definition) is 4. The smallest absolute Gasteiger partial charge is 0.260 e. The Morgan fingerprint density at radius 3 is 2.67 bits per heavy atom. The molecule has 6 nitrogen and oxygen atoms in total. The van der Waals surface area contributed by atoms with Gasteiger partial charge in [0.15, 0.2) is 5.03 Å². The Morgan fingerprint density at radius 1 is 1.50 bits per heavy atom. The summed E-state index contributed by atoms with van der Waals surface area (Å²) in [6.45, 7) is 2.14. The molecule has 0 saturated carbocycles. The van der Waals surface area contributed by atoms with Crippen LogP contribution in [0.5, 0.6) is 0 Å². The fourth-order valence-corrected chi connectivity index (χ4v) is 3.53. The Kier molecular flexibility index (Phi) is 5.58. The molecule has 1 aromatic rings. The van der Waals surface area contributed by atoms with Crippen molar-refractivity contribution < 1.29 is 8.42 Å². The molecule has 8 heteroatoms. The number of aromatic nitrogens is 2. The average Bonchev–Trinajstić information content (AvgIpc) is 2.84.